The van der Waals surface area contributed by atoms with Crippen molar-refractivity contribution < 1.29 is 0 Å². The van der Waals surface area contributed by atoms with E-state index in [1.54, 1.807) is 6.08 Å². The molecule has 1 heteroatoms. The van der Waals surface area contributed by atoms with Crippen molar-refractivity contribution in [1.29, 1.82) is 0 Å². The summed E-state index contributed by atoms with van der Waals surface area (Å²) in [4.78, 5) is 0. The molecule has 0 nitrogen and oxygen atoms in total. The van der Waals surface area contributed by atoms with E-state index >= 15 is 0 Å². The van der Waals surface area contributed by atoms with Gasteiger partial charge < -0.3 is 0 Å². The summed E-state index contributed by atoms with van der Waals surface area (Å²) in [5, 5.41) is 0. The molecule has 31 valence electrons. The summed E-state index contributed by atoms with van der Waals surface area (Å²) < 4.78 is 0. The van der Waals surface area contributed by atoms with Crippen molar-refractivity contribution in [3.8, 4) is 0 Å². The van der Waals surface area contributed by atoms with Gasteiger partial charge in [-0.2, -0.15) is 0 Å². The van der Waals surface area contributed by atoms with Crippen LogP contribution < -0.4 is 0 Å². The third-order valence-electron chi connectivity index (χ3n) is 0.466. The molecule has 0 N–H and O–H groups in total. The van der Waals surface area contributed by atoms with Crippen LogP contribution in [0.1, 0.15) is 13.3 Å². The van der Waals surface area contributed by atoms with Crippen molar-refractivity contribution in [3.63, 3.8) is 0 Å². The van der Waals surface area contributed by atoms with Crippen LogP contribution >= 0.6 is 0 Å². The Morgan fingerprint density at radius 1 is 2.00 bits per heavy atom. The molecule has 0 rings (SSSR count). The molecule has 0 aromatic heterocycles. The van der Waals surface area contributed by atoms with E-state index in [9.17, 15) is 0 Å². The molecule has 0 aliphatic rings. The van der Waals surface area contributed by atoms with Crippen molar-refractivity contribution in [3.05, 3.63) is 12.7 Å². The van der Waals surface area contributed by atoms with Crippen LogP contribution in [-0.2, 0) is 0 Å². The SMILES string of the molecule is [B]=C(C)CC=C. The van der Waals surface area contributed by atoms with Gasteiger partial charge in [0.25, 0.3) is 0 Å². The first-order chi connectivity index (χ1) is 2.77. The van der Waals surface area contributed by atoms with Crippen molar-refractivity contribution in [2.75, 3.05) is 0 Å². The molecule has 0 aromatic carbocycles. The molecule has 0 aliphatic carbocycles. The summed E-state index contributed by atoms with van der Waals surface area (Å²) in [6.45, 7) is 5.38. The van der Waals surface area contributed by atoms with Gasteiger partial charge in [-0.3, -0.25) is 0 Å². The van der Waals surface area contributed by atoms with Crippen LogP contribution in [0, 0.1) is 0 Å². The van der Waals surface area contributed by atoms with E-state index in [-0.39, 0.29) is 0 Å². The van der Waals surface area contributed by atoms with Crippen LogP contribution in [0.4, 0.5) is 0 Å². The summed E-state index contributed by atoms with van der Waals surface area (Å²) >= 11 is 0. The topological polar surface area (TPSA) is 0 Å². The van der Waals surface area contributed by atoms with Crippen molar-refractivity contribution in [1.82, 2.24) is 0 Å². The Hall–Kier alpha value is -0.325. The van der Waals surface area contributed by atoms with Crippen LogP contribution in [0.5, 0.6) is 0 Å². The Morgan fingerprint density at radius 3 is 2.50 bits per heavy atom. The van der Waals surface area contributed by atoms with Gasteiger partial charge in [0.05, 0.1) is 0 Å². The van der Waals surface area contributed by atoms with Crippen molar-refractivity contribution >= 4 is 13.0 Å². The zero-order valence-electron chi connectivity index (χ0n) is 4.07. The van der Waals surface area contributed by atoms with Crippen LogP contribution in [0.2, 0.25) is 0 Å². The Balaban J connectivity index is 3.05. The van der Waals surface area contributed by atoms with E-state index in [4.69, 9.17) is 7.49 Å². The van der Waals surface area contributed by atoms with E-state index in [0.29, 0.717) is 0 Å². The molecule has 1 radical (unpaired) electrons. The first-order valence-corrected chi connectivity index (χ1v) is 1.96. The van der Waals surface area contributed by atoms with Gasteiger partial charge in [0.2, 0.25) is 0 Å². The third kappa shape index (κ3) is 3.67. The predicted octanol–water partition coefficient (Wildman–Crippen LogP) is 0.923. The number of rotatable bonds is 2. The van der Waals surface area contributed by atoms with Gasteiger partial charge in [0, 0.05) is 0 Å². The van der Waals surface area contributed by atoms with Gasteiger partial charge in [-0.15, -0.1) is 0 Å². The first kappa shape index (κ1) is 5.67. The standard InChI is InChI=1S/C5H8B/c1-3-4-5(2)6/h3H,1,4H2,2H3. The molecule has 0 saturated heterocycles. The second kappa shape index (κ2) is 2.89. The van der Waals surface area contributed by atoms with Crippen LogP contribution in [0.15, 0.2) is 12.7 Å². The minimum atomic E-state index is 0.833. The van der Waals surface area contributed by atoms with Crippen molar-refractivity contribution in [2.45, 2.75) is 13.3 Å². The quantitative estimate of drug-likeness (QED) is 0.341. The van der Waals surface area contributed by atoms with Gasteiger partial charge >= 0.3 is 39.0 Å². The predicted molar refractivity (Wildman–Crippen MR) is 31.2 cm³/mol. The molecular weight excluding hydrogens is 70.9 g/mol. The maximum absolute atomic E-state index is 5.25. The Morgan fingerprint density at radius 2 is 2.50 bits per heavy atom. The van der Waals surface area contributed by atoms with Gasteiger partial charge in [-0.05, 0) is 0 Å². The summed E-state index contributed by atoms with van der Waals surface area (Å²) in [7, 11) is 5.25. The molecule has 0 spiro atoms. The van der Waals surface area contributed by atoms with Gasteiger partial charge in [-0.25, -0.2) is 0 Å². The third-order valence-corrected chi connectivity index (χ3v) is 0.466. The van der Waals surface area contributed by atoms with E-state index < -0.39 is 0 Å². The minimum absolute atomic E-state index is 0.833. The maximum atomic E-state index is 5.25. The molecule has 0 aliphatic heterocycles. The molecule has 0 saturated carbocycles. The summed E-state index contributed by atoms with van der Waals surface area (Å²) in [5.74, 6) is 0. The molecule has 0 atom stereocenters. The summed E-state index contributed by atoms with van der Waals surface area (Å²) in [5.41, 5.74) is 0.921. The van der Waals surface area contributed by atoms with Crippen LogP contribution in [0.3, 0.4) is 0 Å². The molecule has 0 fully saturated rings. The zero-order valence-corrected chi connectivity index (χ0v) is 4.07. The van der Waals surface area contributed by atoms with E-state index in [2.05, 4.69) is 6.58 Å². The number of hydrogen-bond acceptors (Lipinski definition) is 0. The molecule has 6 heavy (non-hydrogen) atoms. The number of allylic oxidation sites excluding steroid dienone is 1. The fourth-order valence-corrected chi connectivity index (χ4v) is 0.228. The summed E-state index contributed by atoms with van der Waals surface area (Å²) in [6.07, 6.45) is 2.62. The fourth-order valence-electron chi connectivity index (χ4n) is 0.228. The van der Waals surface area contributed by atoms with Crippen LogP contribution in [0.25, 0.3) is 0 Å². The van der Waals surface area contributed by atoms with Crippen LogP contribution in [-0.4, -0.2) is 13.0 Å². The normalized spacial score (nSPS) is 7.33. The second-order valence-corrected chi connectivity index (χ2v) is 1.34. The first-order valence-electron chi connectivity index (χ1n) is 1.96. The molecule has 0 bridgehead atoms. The Kier molecular flexibility index (Phi) is 2.73. The van der Waals surface area contributed by atoms with E-state index in [0.717, 1.165) is 11.9 Å². The zero-order chi connectivity index (χ0) is 4.99. The summed E-state index contributed by atoms with van der Waals surface area (Å²) in [6, 6.07) is 0. The van der Waals surface area contributed by atoms with Gasteiger partial charge in [-0.1, -0.05) is 0 Å². The monoisotopic (exact) mass is 79.1 g/mol. The average Bonchev–Trinajstić information content (AvgIpc) is 1.35. The molecule has 0 aromatic rings. The van der Waals surface area contributed by atoms with Gasteiger partial charge in [0.15, 0.2) is 0 Å². The molecular formula is C5H8B. The van der Waals surface area contributed by atoms with Gasteiger partial charge in [0.1, 0.15) is 0 Å². The fraction of sp³-hybridized carbons (Fsp3) is 0.400. The Bertz CT molecular complexity index is 64.3. The number of hydrogen-bond donors (Lipinski definition) is 0. The molecule has 0 unspecified atom stereocenters. The Labute approximate surface area is 39.9 Å². The van der Waals surface area contributed by atoms with Crippen molar-refractivity contribution in [2.24, 2.45) is 0 Å². The molecule has 0 amide bonds. The molecule has 0 heterocycles. The second-order valence-electron chi connectivity index (χ2n) is 1.34. The average molecular weight is 78.9 g/mol. The van der Waals surface area contributed by atoms with E-state index in [1.807, 2.05) is 6.92 Å². The van der Waals surface area contributed by atoms with E-state index in [1.165, 1.54) is 0 Å².